The maximum atomic E-state index is 6.38. The largest absolute Gasteiger partial charge is 0.324 e. The van der Waals surface area contributed by atoms with E-state index in [0.29, 0.717) is 0 Å². The molecule has 108 valence electrons. The zero-order valence-electron chi connectivity index (χ0n) is 12.2. The average Bonchev–Trinajstić information content (AvgIpc) is 2.47. The van der Waals surface area contributed by atoms with Crippen LogP contribution >= 0.6 is 11.6 Å². The topological polar surface area (TPSA) is 26.0 Å². The quantitative estimate of drug-likeness (QED) is 0.635. The van der Waals surface area contributed by atoms with Gasteiger partial charge < -0.3 is 5.73 Å². The van der Waals surface area contributed by atoms with Crippen LogP contribution < -0.4 is 5.73 Å². The van der Waals surface area contributed by atoms with Crippen LogP contribution in [0.4, 0.5) is 0 Å². The van der Waals surface area contributed by atoms with Gasteiger partial charge in [-0.25, -0.2) is 0 Å². The summed E-state index contributed by atoms with van der Waals surface area (Å²) in [5.41, 5.74) is 7.61. The number of benzene rings is 2. The Bertz CT molecular complexity index is 550. The summed E-state index contributed by atoms with van der Waals surface area (Å²) in [5, 5.41) is 3.11. The maximum absolute atomic E-state index is 6.38. The third kappa shape index (κ3) is 3.74. The Labute approximate surface area is 127 Å². The number of halogens is 1. The second-order valence-electron chi connectivity index (χ2n) is 5.49. The van der Waals surface area contributed by atoms with Gasteiger partial charge in [0.15, 0.2) is 0 Å². The van der Waals surface area contributed by atoms with E-state index in [1.165, 1.54) is 43.1 Å². The van der Waals surface area contributed by atoms with Crippen molar-refractivity contribution in [2.45, 2.75) is 51.5 Å². The highest BCUT2D eigenvalue weighted by Gasteiger charge is 2.11. The molecule has 0 aliphatic heterocycles. The van der Waals surface area contributed by atoms with Crippen LogP contribution in [0.1, 0.15) is 57.1 Å². The van der Waals surface area contributed by atoms with Crippen molar-refractivity contribution < 1.29 is 0 Å². The van der Waals surface area contributed by atoms with Gasteiger partial charge >= 0.3 is 0 Å². The molecule has 1 unspecified atom stereocenters. The highest BCUT2D eigenvalue weighted by molar-refractivity contribution is 6.35. The number of rotatable bonds is 7. The van der Waals surface area contributed by atoms with Crippen molar-refractivity contribution in [3.05, 3.63) is 47.0 Å². The van der Waals surface area contributed by atoms with E-state index < -0.39 is 0 Å². The summed E-state index contributed by atoms with van der Waals surface area (Å²) < 4.78 is 0. The van der Waals surface area contributed by atoms with E-state index in [4.69, 9.17) is 17.3 Å². The van der Waals surface area contributed by atoms with Crippen LogP contribution in [0.15, 0.2) is 36.4 Å². The zero-order chi connectivity index (χ0) is 14.4. The first-order chi connectivity index (χ1) is 9.74. The lowest BCUT2D eigenvalue weighted by Crippen LogP contribution is -2.10. The maximum Gasteiger partial charge on any atom is 0.0484 e. The van der Waals surface area contributed by atoms with Crippen molar-refractivity contribution in [3.8, 4) is 0 Å². The van der Waals surface area contributed by atoms with Gasteiger partial charge in [0.2, 0.25) is 0 Å². The van der Waals surface area contributed by atoms with E-state index >= 15 is 0 Å². The molecule has 2 aromatic carbocycles. The summed E-state index contributed by atoms with van der Waals surface area (Å²) in [4.78, 5) is 0. The standard InChI is InChI=1S/C18H24ClN/c1-2-3-4-5-6-11-18(20)16-12-13-17(19)15-10-8-7-9-14(15)16/h7-10,12-13,18H,2-6,11,20H2,1H3. The summed E-state index contributed by atoms with van der Waals surface area (Å²) in [6, 6.07) is 12.4. The van der Waals surface area contributed by atoms with Gasteiger partial charge in [0, 0.05) is 16.5 Å². The number of hydrogen-bond donors (Lipinski definition) is 1. The number of hydrogen-bond acceptors (Lipinski definition) is 1. The second kappa shape index (κ2) is 7.66. The van der Waals surface area contributed by atoms with Crippen molar-refractivity contribution in [1.82, 2.24) is 0 Å². The molecule has 0 fully saturated rings. The lowest BCUT2D eigenvalue weighted by atomic mass is 9.95. The predicted molar refractivity (Wildman–Crippen MR) is 89.3 cm³/mol. The first-order valence-corrected chi connectivity index (χ1v) is 8.04. The molecule has 0 saturated carbocycles. The molecule has 0 heterocycles. The van der Waals surface area contributed by atoms with Gasteiger partial charge in [0.1, 0.15) is 0 Å². The summed E-state index contributed by atoms with van der Waals surface area (Å²) in [6.07, 6.45) is 7.48. The van der Waals surface area contributed by atoms with E-state index in [-0.39, 0.29) is 6.04 Å². The monoisotopic (exact) mass is 289 g/mol. The van der Waals surface area contributed by atoms with E-state index in [1.54, 1.807) is 0 Å². The van der Waals surface area contributed by atoms with Crippen molar-refractivity contribution >= 4 is 22.4 Å². The summed E-state index contributed by atoms with van der Waals surface area (Å²) in [5.74, 6) is 0. The fourth-order valence-electron chi connectivity index (χ4n) is 2.73. The van der Waals surface area contributed by atoms with Crippen LogP contribution in [0.5, 0.6) is 0 Å². The Morgan fingerprint density at radius 3 is 2.40 bits per heavy atom. The van der Waals surface area contributed by atoms with Crippen molar-refractivity contribution in [2.24, 2.45) is 5.73 Å². The fourth-order valence-corrected chi connectivity index (χ4v) is 2.96. The molecule has 0 bridgehead atoms. The number of unbranched alkanes of at least 4 members (excludes halogenated alkanes) is 4. The Kier molecular flexibility index (Phi) is 5.87. The van der Waals surface area contributed by atoms with E-state index in [0.717, 1.165) is 16.8 Å². The minimum absolute atomic E-state index is 0.110. The van der Waals surface area contributed by atoms with Crippen LogP contribution in [0.25, 0.3) is 10.8 Å². The normalized spacial score (nSPS) is 12.8. The minimum atomic E-state index is 0.110. The Morgan fingerprint density at radius 1 is 0.950 bits per heavy atom. The van der Waals surface area contributed by atoms with Crippen LogP contribution in [-0.2, 0) is 0 Å². The highest BCUT2D eigenvalue weighted by atomic mass is 35.5. The molecular formula is C18H24ClN. The van der Waals surface area contributed by atoms with Crippen molar-refractivity contribution in [2.75, 3.05) is 0 Å². The third-order valence-corrected chi connectivity index (χ3v) is 4.25. The first kappa shape index (κ1) is 15.3. The highest BCUT2D eigenvalue weighted by Crippen LogP contribution is 2.30. The molecule has 2 rings (SSSR count). The first-order valence-electron chi connectivity index (χ1n) is 7.66. The molecule has 0 aromatic heterocycles. The molecule has 0 saturated heterocycles. The van der Waals surface area contributed by atoms with Gasteiger partial charge in [-0.3, -0.25) is 0 Å². The molecule has 2 N–H and O–H groups in total. The molecule has 1 atom stereocenters. The summed E-state index contributed by atoms with van der Waals surface area (Å²) in [6.45, 7) is 2.24. The SMILES string of the molecule is CCCCCCCC(N)c1ccc(Cl)c2ccccc12. The number of fused-ring (bicyclic) bond motifs is 1. The molecule has 0 amide bonds. The Balaban J connectivity index is 2.06. The van der Waals surface area contributed by atoms with E-state index in [1.807, 2.05) is 12.1 Å². The average molecular weight is 290 g/mol. The molecule has 2 heteroatoms. The fraction of sp³-hybridized carbons (Fsp3) is 0.444. The molecule has 20 heavy (non-hydrogen) atoms. The smallest absolute Gasteiger partial charge is 0.0484 e. The van der Waals surface area contributed by atoms with Gasteiger partial charge in [-0.15, -0.1) is 0 Å². The van der Waals surface area contributed by atoms with Crippen LogP contribution in [-0.4, -0.2) is 0 Å². The summed E-state index contributed by atoms with van der Waals surface area (Å²) in [7, 11) is 0. The second-order valence-corrected chi connectivity index (χ2v) is 5.90. The van der Waals surface area contributed by atoms with Crippen LogP contribution in [0, 0.1) is 0 Å². The van der Waals surface area contributed by atoms with Gasteiger partial charge in [-0.1, -0.05) is 81.0 Å². The van der Waals surface area contributed by atoms with Crippen LogP contribution in [0.2, 0.25) is 5.02 Å². The Morgan fingerprint density at radius 2 is 1.65 bits per heavy atom. The lowest BCUT2D eigenvalue weighted by molar-refractivity contribution is 0.557. The lowest BCUT2D eigenvalue weighted by Gasteiger charge is -2.15. The van der Waals surface area contributed by atoms with E-state index in [2.05, 4.69) is 31.2 Å². The minimum Gasteiger partial charge on any atom is -0.324 e. The van der Waals surface area contributed by atoms with Gasteiger partial charge in [-0.05, 0) is 23.4 Å². The molecule has 0 radical (unpaired) electrons. The van der Waals surface area contributed by atoms with Gasteiger partial charge in [-0.2, -0.15) is 0 Å². The molecule has 1 nitrogen and oxygen atoms in total. The van der Waals surface area contributed by atoms with Gasteiger partial charge in [0.25, 0.3) is 0 Å². The molecule has 2 aromatic rings. The molecule has 0 spiro atoms. The zero-order valence-corrected chi connectivity index (χ0v) is 13.0. The van der Waals surface area contributed by atoms with E-state index in [9.17, 15) is 0 Å². The number of nitrogens with two attached hydrogens (primary N) is 1. The van der Waals surface area contributed by atoms with Gasteiger partial charge in [0.05, 0.1) is 0 Å². The third-order valence-electron chi connectivity index (χ3n) is 3.92. The molecular weight excluding hydrogens is 266 g/mol. The molecule has 0 aliphatic rings. The van der Waals surface area contributed by atoms with Crippen molar-refractivity contribution in [1.29, 1.82) is 0 Å². The van der Waals surface area contributed by atoms with Crippen molar-refractivity contribution in [3.63, 3.8) is 0 Å². The molecule has 0 aliphatic carbocycles. The predicted octanol–water partition coefficient (Wildman–Crippen LogP) is 5.85. The van der Waals surface area contributed by atoms with Crippen LogP contribution in [0.3, 0.4) is 0 Å². The Hall–Kier alpha value is -1.05. The summed E-state index contributed by atoms with van der Waals surface area (Å²) >= 11 is 6.25.